The number of hydrogen-bond donors (Lipinski definition) is 2. The molecule has 1 fully saturated rings. The van der Waals surface area contributed by atoms with E-state index in [-0.39, 0.29) is 66.6 Å². The van der Waals surface area contributed by atoms with E-state index in [2.05, 4.69) is 10.3 Å². The molecule has 3 rings (SSSR count). The van der Waals surface area contributed by atoms with Gasteiger partial charge in [-0.05, 0) is 51.2 Å². The summed E-state index contributed by atoms with van der Waals surface area (Å²) in [5.74, 6) is -3.77. The van der Waals surface area contributed by atoms with Gasteiger partial charge in [-0.3, -0.25) is 9.20 Å². The third-order valence-corrected chi connectivity index (χ3v) is 5.58. The van der Waals surface area contributed by atoms with E-state index in [4.69, 9.17) is 11.6 Å². The number of carbonyl (C=O) groups excluding carboxylic acids is 1. The van der Waals surface area contributed by atoms with Crippen LogP contribution in [0.1, 0.15) is 61.3 Å². The summed E-state index contributed by atoms with van der Waals surface area (Å²) in [6.45, 7) is 2.90. The molecule has 0 aliphatic heterocycles. The first-order valence-corrected chi connectivity index (χ1v) is 10.2. The Morgan fingerprint density at radius 1 is 1.29 bits per heavy atom. The number of carbonyl (C=O) groups is 1. The summed E-state index contributed by atoms with van der Waals surface area (Å²) < 4.78 is 69.0. The zero-order valence-electron chi connectivity index (χ0n) is 17.0. The number of hydrogen-bond acceptors (Lipinski definition) is 3. The number of aromatic nitrogens is 2. The maximum absolute atomic E-state index is 13.7. The molecule has 5 nitrogen and oxygen atoms in total. The lowest BCUT2D eigenvalue weighted by Gasteiger charge is -2.28. The molecule has 2 aromatic rings. The van der Waals surface area contributed by atoms with E-state index in [0.717, 1.165) is 4.40 Å². The van der Waals surface area contributed by atoms with Crippen LogP contribution in [0.4, 0.5) is 22.0 Å². The van der Waals surface area contributed by atoms with Gasteiger partial charge in [0.1, 0.15) is 10.8 Å². The number of rotatable bonds is 5. The molecule has 1 aliphatic rings. The smallest absolute Gasteiger partial charge is 0.389 e. The minimum Gasteiger partial charge on any atom is -0.389 e. The second-order valence-electron chi connectivity index (χ2n) is 8.66. The van der Waals surface area contributed by atoms with Crippen molar-refractivity contribution >= 4 is 23.2 Å². The lowest BCUT2D eigenvalue weighted by atomic mass is 9.83. The zero-order chi connectivity index (χ0) is 23.2. The molecule has 2 heterocycles. The fourth-order valence-electron chi connectivity index (χ4n) is 3.70. The Morgan fingerprint density at radius 3 is 2.45 bits per heavy atom. The summed E-state index contributed by atoms with van der Waals surface area (Å²) in [6.07, 6.45) is -5.40. The standard InChI is InChI=1S/C20H23ClF5N3O2/c1-18(2,31)10-27-17(30)12-8-14(21)29-13(7-11-3-5-19(22,23)6-4-11)16(20(24,25)26)28-15(29)9-12/h8-9,11,31H,3-7,10H2,1-2H3,(H,27,30). The lowest BCUT2D eigenvalue weighted by molar-refractivity contribution is -0.141. The Morgan fingerprint density at radius 2 is 1.90 bits per heavy atom. The summed E-state index contributed by atoms with van der Waals surface area (Å²) >= 11 is 6.23. The first kappa shape index (κ1) is 23.7. The predicted octanol–water partition coefficient (Wildman–Crippen LogP) is 4.88. The molecule has 2 N–H and O–H groups in total. The van der Waals surface area contributed by atoms with E-state index in [1.54, 1.807) is 0 Å². The van der Waals surface area contributed by atoms with Crippen LogP contribution in [0, 0.1) is 5.92 Å². The van der Waals surface area contributed by atoms with Gasteiger partial charge in [0.25, 0.3) is 5.91 Å². The van der Waals surface area contributed by atoms with Crippen molar-refractivity contribution in [3.63, 3.8) is 0 Å². The normalized spacial score (nSPS) is 17.8. The van der Waals surface area contributed by atoms with Crippen molar-refractivity contribution < 1.29 is 31.9 Å². The maximum Gasteiger partial charge on any atom is 0.435 e. The molecule has 0 spiro atoms. The number of fused-ring (bicyclic) bond motifs is 1. The largest absolute Gasteiger partial charge is 0.435 e. The average Bonchev–Trinajstić information content (AvgIpc) is 3.00. The molecule has 0 unspecified atom stereocenters. The van der Waals surface area contributed by atoms with Crippen LogP contribution in [-0.4, -0.2) is 38.5 Å². The molecule has 1 saturated carbocycles. The molecule has 1 amide bonds. The van der Waals surface area contributed by atoms with Crippen LogP contribution in [0.15, 0.2) is 12.1 Å². The minimum absolute atomic E-state index is 0.00988. The third-order valence-electron chi connectivity index (χ3n) is 5.30. The van der Waals surface area contributed by atoms with E-state index in [1.807, 2.05) is 0 Å². The van der Waals surface area contributed by atoms with Gasteiger partial charge in [-0.1, -0.05) is 11.6 Å². The summed E-state index contributed by atoms with van der Waals surface area (Å²) in [5.41, 5.74) is -2.69. The maximum atomic E-state index is 13.7. The van der Waals surface area contributed by atoms with Gasteiger partial charge in [0.15, 0.2) is 5.69 Å². The number of pyridine rings is 1. The first-order chi connectivity index (χ1) is 14.2. The molecule has 0 atom stereocenters. The van der Waals surface area contributed by atoms with Crippen LogP contribution in [0.5, 0.6) is 0 Å². The van der Waals surface area contributed by atoms with Gasteiger partial charge in [-0.15, -0.1) is 0 Å². The Kier molecular flexibility index (Phi) is 6.27. The number of imidazole rings is 1. The Labute approximate surface area is 180 Å². The van der Waals surface area contributed by atoms with Gasteiger partial charge in [-0.25, -0.2) is 13.8 Å². The Balaban J connectivity index is 1.96. The fourth-order valence-corrected chi connectivity index (χ4v) is 4.01. The van der Waals surface area contributed by atoms with Crippen LogP contribution in [0.25, 0.3) is 5.65 Å². The fraction of sp³-hybridized carbons (Fsp3) is 0.600. The highest BCUT2D eigenvalue weighted by Crippen LogP contribution is 2.40. The van der Waals surface area contributed by atoms with Crippen LogP contribution in [0.2, 0.25) is 5.15 Å². The van der Waals surface area contributed by atoms with E-state index in [9.17, 15) is 31.9 Å². The SMILES string of the molecule is CC(C)(O)CNC(=O)c1cc(Cl)n2c(CC3CCC(F)(F)CC3)c(C(F)(F)F)nc2c1. The molecule has 172 valence electrons. The van der Waals surface area contributed by atoms with Crippen LogP contribution in [0.3, 0.4) is 0 Å². The monoisotopic (exact) mass is 467 g/mol. The lowest BCUT2D eigenvalue weighted by Crippen LogP contribution is -2.38. The Hall–Kier alpha value is -1.94. The molecule has 1 aliphatic carbocycles. The molecule has 0 saturated heterocycles. The predicted molar refractivity (Wildman–Crippen MR) is 104 cm³/mol. The van der Waals surface area contributed by atoms with Gasteiger partial charge in [0.05, 0.1) is 11.3 Å². The van der Waals surface area contributed by atoms with Gasteiger partial charge in [0, 0.05) is 24.9 Å². The molecule has 0 aromatic carbocycles. The molecule has 0 bridgehead atoms. The van der Waals surface area contributed by atoms with Crippen molar-refractivity contribution in [1.29, 1.82) is 0 Å². The summed E-state index contributed by atoms with van der Waals surface area (Å²) in [4.78, 5) is 16.0. The average molecular weight is 468 g/mol. The number of nitrogens with zero attached hydrogens (tertiary/aromatic N) is 2. The highest BCUT2D eigenvalue weighted by atomic mass is 35.5. The van der Waals surface area contributed by atoms with Gasteiger partial charge in [-0.2, -0.15) is 13.2 Å². The number of amides is 1. The minimum atomic E-state index is -4.77. The van der Waals surface area contributed by atoms with Crippen molar-refractivity contribution in [3.8, 4) is 0 Å². The molecule has 31 heavy (non-hydrogen) atoms. The molecule has 2 aromatic heterocycles. The molecule has 11 heteroatoms. The number of halogens is 6. The van der Waals surface area contributed by atoms with E-state index in [0.29, 0.717) is 0 Å². The Bertz CT molecular complexity index is 972. The van der Waals surface area contributed by atoms with Gasteiger partial charge < -0.3 is 10.4 Å². The second kappa shape index (κ2) is 8.20. The summed E-state index contributed by atoms with van der Waals surface area (Å²) in [7, 11) is 0. The van der Waals surface area contributed by atoms with Crippen LogP contribution < -0.4 is 5.32 Å². The summed E-state index contributed by atoms with van der Waals surface area (Å²) in [5, 5.41) is 12.1. The van der Waals surface area contributed by atoms with E-state index in [1.165, 1.54) is 26.0 Å². The number of alkyl halides is 5. The van der Waals surface area contributed by atoms with Crippen molar-refractivity contribution in [1.82, 2.24) is 14.7 Å². The van der Waals surface area contributed by atoms with Crippen molar-refractivity contribution in [2.24, 2.45) is 5.92 Å². The van der Waals surface area contributed by atoms with Gasteiger partial charge in [0.2, 0.25) is 5.92 Å². The topological polar surface area (TPSA) is 66.6 Å². The van der Waals surface area contributed by atoms with Gasteiger partial charge >= 0.3 is 6.18 Å². The number of aliphatic hydroxyl groups is 1. The van der Waals surface area contributed by atoms with E-state index < -0.39 is 29.3 Å². The second-order valence-corrected chi connectivity index (χ2v) is 9.05. The van der Waals surface area contributed by atoms with Crippen LogP contribution >= 0.6 is 11.6 Å². The first-order valence-electron chi connectivity index (χ1n) is 9.83. The highest BCUT2D eigenvalue weighted by Gasteiger charge is 2.40. The summed E-state index contributed by atoms with van der Waals surface area (Å²) in [6, 6.07) is 2.40. The molecular formula is C20H23ClF5N3O2. The van der Waals surface area contributed by atoms with Crippen molar-refractivity contribution in [2.45, 2.75) is 63.7 Å². The van der Waals surface area contributed by atoms with E-state index >= 15 is 0 Å². The third kappa shape index (κ3) is 5.65. The zero-order valence-corrected chi connectivity index (χ0v) is 17.7. The van der Waals surface area contributed by atoms with Crippen LogP contribution in [-0.2, 0) is 12.6 Å². The van der Waals surface area contributed by atoms with Crippen molar-refractivity contribution in [3.05, 3.63) is 34.2 Å². The molecule has 0 radical (unpaired) electrons. The highest BCUT2D eigenvalue weighted by molar-refractivity contribution is 6.30. The molecular weight excluding hydrogens is 445 g/mol. The number of nitrogens with one attached hydrogen (secondary N) is 1. The quantitative estimate of drug-likeness (QED) is 0.487. The van der Waals surface area contributed by atoms with Crippen molar-refractivity contribution in [2.75, 3.05) is 6.54 Å².